The van der Waals surface area contributed by atoms with E-state index in [1.165, 1.54) is 0 Å². The molecule has 4 aromatic carbocycles. The Bertz CT molecular complexity index is 2410. The Morgan fingerprint density at radius 2 is 1.41 bits per heavy atom. The van der Waals surface area contributed by atoms with Crippen molar-refractivity contribution in [1.82, 2.24) is 4.57 Å². The van der Waals surface area contributed by atoms with Crippen LogP contribution in [0.3, 0.4) is 0 Å². The SMILES string of the molecule is C=C(C=CC1=C(C(=O)C(F)(F)F)C(=CC=c2c3cccc4c(OCCCC)ccc(c43)n2CCCC)CC1)c1cccc2c(OCCCC)ccc(NCCCC)c12. The van der Waals surface area contributed by atoms with Gasteiger partial charge in [0.25, 0.3) is 5.78 Å². The highest BCUT2D eigenvalue weighted by Crippen LogP contribution is 2.40. The smallest absolute Gasteiger partial charge is 0.454 e. The molecule has 0 radical (unpaired) electrons. The lowest BCUT2D eigenvalue weighted by Crippen LogP contribution is -2.25. The number of aryl methyl sites for hydroxylation is 1. The number of Topliss-reactive ketones (excluding diaryl/α,β-unsaturated/α-hetero) is 1. The molecule has 8 heteroatoms. The van der Waals surface area contributed by atoms with Crippen LogP contribution in [0, 0.1) is 0 Å². The van der Waals surface area contributed by atoms with Crippen LogP contribution in [0.5, 0.6) is 11.5 Å². The second-order valence-electron chi connectivity index (χ2n) is 15.2. The minimum Gasteiger partial charge on any atom is -0.493 e. The van der Waals surface area contributed by atoms with Crippen LogP contribution >= 0.6 is 0 Å². The van der Waals surface area contributed by atoms with Gasteiger partial charge in [-0.25, -0.2) is 0 Å². The molecule has 0 unspecified atom stereocenters. The summed E-state index contributed by atoms with van der Waals surface area (Å²) in [6.45, 7) is 15.7. The van der Waals surface area contributed by atoms with Crippen LogP contribution in [-0.2, 0) is 11.3 Å². The number of carbonyl (C=O) groups excluding carboxylic acids is 1. The molecule has 5 aromatic rings. The molecule has 0 atom stereocenters. The number of nitrogens with zero attached hydrogens (tertiary/aromatic N) is 1. The molecule has 0 fully saturated rings. The lowest BCUT2D eigenvalue weighted by Gasteiger charge is -2.17. The summed E-state index contributed by atoms with van der Waals surface area (Å²) in [5.74, 6) is -0.221. The van der Waals surface area contributed by atoms with Crippen molar-refractivity contribution in [2.24, 2.45) is 0 Å². The van der Waals surface area contributed by atoms with Gasteiger partial charge in [-0.3, -0.25) is 4.79 Å². The average molecular weight is 791 g/mol. The Morgan fingerprint density at radius 3 is 2.09 bits per heavy atom. The summed E-state index contributed by atoms with van der Waals surface area (Å²) >= 11 is 0. The summed E-state index contributed by atoms with van der Waals surface area (Å²) in [5, 5.41) is 9.45. The molecule has 0 amide bonds. The number of allylic oxidation sites excluding steroid dienone is 7. The molecule has 1 aliphatic carbocycles. The predicted molar refractivity (Wildman–Crippen MR) is 236 cm³/mol. The maximum atomic E-state index is 14.3. The molecule has 1 aromatic heterocycles. The molecule has 0 saturated carbocycles. The molecule has 6 rings (SSSR count). The fourth-order valence-corrected chi connectivity index (χ4v) is 7.87. The summed E-state index contributed by atoms with van der Waals surface area (Å²) < 4.78 is 57.6. The highest BCUT2D eigenvalue weighted by atomic mass is 19.4. The van der Waals surface area contributed by atoms with Crippen molar-refractivity contribution in [1.29, 1.82) is 0 Å². The van der Waals surface area contributed by atoms with Crippen LogP contribution in [0.15, 0.2) is 102 Å². The van der Waals surface area contributed by atoms with Crippen LogP contribution < -0.4 is 20.1 Å². The monoisotopic (exact) mass is 790 g/mol. The first-order valence-electron chi connectivity index (χ1n) is 21.1. The zero-order chi connectivity index (χ0) is 41.2. The number of aromatic nitrogens is 1. The Kier molecular flexibility index (Phi) is 14.2. The minimum atomic E-state index is -5.03. The molecule has 306 valence electrons. The summed E-state index contributed by atoms with van der Waals surface area (Å²) in [7, 11) is 0. The zero-order valence-corrected chi connectivity index (χ0v) is 34.5. The van der Waals surface area contributed by atoms with Gasteiger partial charge >= 0.3 is 6.18 Å². The van der Waals surface area contributed by atoms with Crippen molar-refractivity contribution in [2.75, 3.05) is 25.1 Å². The van der Waals surface area contributed by atoms with Crippen LogP contribution in [0.25, 0.3) is 44.1 Å². The number of unbranched alkanes of at least 4 members (excludes halogenated alkanes) is 4. The number of ether oxygens (including phenoxy) is 2. The number of hydrogen-bond acceptors (Lipinski definition) is 4. The highest BCUT2D eigenvalue weighted by Gasteiger charge is 2.43. The summed E-state index contributed by atoms with van der Waals surface area (Å²) in [5.41, 5.74) is 3.93. The quantitative estimate of drug-likeness (QED) is 0.0630. The fraction of sp³-hybridized carbons (Fsp3) is 0.380. The molecule has 0 bridgehead atoms. The number of rotatable bonds is 20. The third kappa shape index (κ3) is 9.22. The normalized spacial score (nSPS) is 14.6. The van der Waals surface area contributed by atoms with Crippen LogP contribution in [-0.4, -0.2) is 36.3 Å². The maximum absolute atomic E-state index is 14.3. The van der Waals surface area contributed by atoms with Crippen molar-refractivity contribution in [2.45, 2.75) is 105 Å². The molecule has 0 spiro atoms. The van der Waals surface area contributed by atoms with Gasteiger partial charge in [-0.15, -0.1) is 0 Å². The molecular weight excluding hydrogens is 734 g/mol. The lowest BCUT2D eigenvalue weighted by molar-refractivity contribution is -0.166. The van der Waals surface area contributed by atoms with Crippen molar-refractivity contribution < 1.29 is 27.4 Å². The van der Waals surface area contributed by atoms with E-state index in [0.717, 1.165) is 125 Å². The lowest BCUT2D eigenvalue weighted by atomic mass is 9.95. The summed E-state index contributed by atoms with van der Waals surface area (Å²) in [6.07, 6.45) is 10.5. The molecule has 0 saturated heterocycles. The van der Waals surface area contributed by atoms with Gasteiger partial charge in [0, 0.05) is 62.1 Å². The number of hydrogen-bond donors (Lipinski definition) is 1. The number of fused-ring (bicyclic) bond motifs is 1. The third-order valence-electron chi connectivity index (χ3n) is 11.0. The number of benzene rings is 4. The van der Waals surface area contributed by atoms with Gasteiger partial charge in [-0.05, 0) is 91.1 Å². The van der Waals surface area contributed by atoms with Gasteiger partial charge in [-0.2, -0.15) is 13.2 Å². The van der Waals surface area contributed by atoms with E-state index in [1.54, 1.807) is 18.2 Å². The highest BCUT2D eigenvalue weighted by molar-refractivity contribution is 6.12. The Morgan fingerprint density at radius 1 is 0.776 bits per heavy atom. The molecule has 58 heavy (non-hydrogen) atoms. The number of alkyl halides is 3. The molecule has 5 nitrogen and oxygen atoms in total. The summed E-state index contributed by atoms with van der Waals surface area (Å²) in [6, 6.07) is 20.2. The van der Waals surface area contributed by atoms with E-state index in [4.69, 9.17) is 9.47 Å². The fourth-order valence-electron chi connectivity index (χ4n) is 7.87. The van der Waals surface area contributed by atoms with Crippen LogP contribution in [0.4, 0.5) is 18.9 Å². The van der Waals surface area contributed by atoms with E-state index in [9.17, 15) is 18.0 Å². The molecular formula is C50H57F3N2O3. The van der Waals surface area contributed by atoms with Gasteiger partial charge in [0.15, 0.2) is 0 Å². The van der Waals surface area contributed by atoms with E-state index in [1.807, 2.05) is 48.5 Å². The van der Waals surface area contributed by atoms with E-state index in [-0.39, 0.29) is 5.57 Å². The van der Waals surface area contributed by atoms with Gasteiger partial charge in [0.1, 0.15) is 11.5 Å². The number of halogens is 3. The minimum absolute atomic E-state index is 0.278. The molecule has 1 heterocycles. The van der Waals surface area contributed by atoms with Gasteiger partial charge in [0.2, 0.25) is 0 Å². The first-order valence-corrected chi connectivity index (χ1v) is 21.1. The maximum Gasteiger partial charge on any atom is 0.454 e. The number of nitrogens with one attached hydrogen (secondary N) is 1. The van der Waals surface area contributed by atoms with Gasteiger partial charge in [-0.1, -0.05) is 115 Å². The first kappa shape index (κ1) is 42.4. The third-order valence-corrected chi connectivity index (χ3v) is 11.0. The van der Waals surface area contributed by atoms with Crippen molar-refractivity contribution in [3.8, 4) is 11.5 Å². The van der Waals surface area contributed by atoms with E-state index < -0.39 is 12.0 Å². The largest absolute Gasteiger partial charge is 0.493 e. The second kappa shape index (κ2) is 19.5. The Labute approximate surface area is 341 Å². The first-order chi connectivity index (χ1) is 28.1. The Hall–Kier alpha value is -5.24. The van der Waals surface area contributed by atoms with Crippen LogP contribution in [0.2, 0.25) is 0 Å². The standard InChI is InChI=1S/C50H57F3N2O3/c1-6-10-30-54-41-25-28-44(57-32-12-8-3)39-18-14-16-37(47(39)41)34(5)20-21-35-22-23-36(46(35)49(56)50(51,52)53)24-26-42-38-17-15-19-40-45(58-33-13-9-4)29-27-43(48(38)40)55(42)31-11-7-2/h14-21,24-29,54H,5-13,22-23,30-33H2,1-4H3. The Balaban J connectivity index is 1.42. The number of anilines is 1. The van der Waals surface area contributed by atoms with Crippen molar-refractivity contribution >= 4 is 55.6 Å². The zero-order valence-electron chi connectivity index (χ0n) is 34.5. The molecule has 0 aliphatic heterocycles. The van der Waals surface area contributed by atoms with Gasteiger partial charge < -0.3 is 19.4 Å². The average Bonchev–Trinajstić information content (AvgIpc) is 3.77. The van der Waals surface area contributed by atoms with Crippen molar-refractivity contribution in [3.63, 3.8) is 0 Å². The van der Waals surface area contributed by atoms with Crippen LogP contribution in [0.1, 0.15) is 97.5 Å². The van der Waals surface area contributed by atoms with E-state index >= 15 is 0 Å². The number of ketones is 1. The summed E-state index contributed by atoms with van der Waals surface area (Å²) in [4.78, 5) is 13.2. The topological polar surface area (TPSA) is 52.5 Å². The molecule has 1 aliphatic rings. The van der Waals surface area contributed by atoms with E-state index in [2.05, 4.69) is 62.4 Å². The molecule has 1 N–H and O–H groups in total. The number of carbonyl (C=O) groups is 1. The van der Waals surface area contributed by atoms with E-state index in [0.29, 0.717) is 42.8 Å². The van der Waals surface area contributed by atoms with Gasteiger partial charge in [0.05, 0.1) is 13.2 Å². The second-order valence-corrected chi connectivity index (χ2v) is 15.2. The predicted octanol–water partition coefficient (Wildman–Crippen LogP) is 13.2. The van der Waals surface area contributed by atoms with Crippen molar-refractivity contribution in [3.05, 3.63) is 113 Å².